The molecule has 0 saturated heterocycles. The highest BCUT2D eigenvalue weighted by Gasteiger charge is 2.21. The van der Waals surface area contributed by atoms with Crippen LogP contribution in [0.5, 0.6) is 0 Å². The van der Waals surface area contributed by atoms with E-state index < -0.39 is 9.84 Å². The summed E-state index contributed by atoms with van der Waals surface area (Å²) in [6.07, 6.45) is 4.17. The molecule has 0 unspecified atom stereocenters. The van der Waals surface area contributed by atoms with E-state index in [2.05, 4.69) is 10.2 Å². The Kier molecular flexibility index (Phi) is 4.49. The van der Waals surface area contributed by atoms with Crippen molar-refractivity contribution < 1.29 is 8.42 Å². The summed E-state index contributed by atoms with van der Waals surface area (Å²) in [5.41, 5.74) is 0.697. The van der Waals surface area contributed by atoms with Crippen LogP contribution in [0, 0.1) is 0 Å². The Labute approximate surface area is 135 Å². The first-order chi connectivity index (χ1) is 10.5. The van der Waals surface area contributed by atoms with E-state index in [0.29, 0.717) is 16.4 Å². The zero-order chi connectivity index (χ0) is 15.6. The Morgan fingerprint density at radius 1 is 1.14 bits per heavy atom. The molecule has 1 aromatic heterocycles. The van der Waals surface area contributed by atoms with Gasteiger partial charge in [0.1, 0.15) is 17.4 Å². The van der Waals surface area contributed by atoms with Crippen LogP contribution >= 0.6 is 11.6 Å². The van der Waals surface area contributed by atoms with Crippen LogP contribution in [0.1, 0.15) is 36.5 Å². The first-order valence-electron chi connectivity index (χ1n) is 7.39. The molecule has 0 bridgehead atoms. The van der Waals surface area contributed by atoms with Crippen LogP contribution in [0.15, 0.2) is 24.3 Å². The predicted octanol–water partition coefficient (Wildman–Crippen LogP) is 2.77. The maximum atomic E-state index is 12.4. The van der Waals surface area contributed by atoms with Crippen molar-refractivity contribution in [2.24, 2.45) is 0 Å². The molecule has 22 heavy (non-hydrogen) atoms. The molecule has 0 atom stereocenters. The molecule has 0 radical (unpaired) electrons. The zero-order valence-corrected chi connectivity index (χ0v) is 13.8. The molecule has 0 spiro atoms. The van der Waals surface area contributed by atoms with Gasteiger partial charge in [0.05, 0.1) is 5.75 Å². The lowest BCUT2D eigenvalue weighted by molar-refractivity contribution is 0.583. The number of rotatable bonds is 4. The van der Waals surface area contributed by atoms with E-state index in [1.807, 2.05) is 4.57 Å². The SMILES string of the molecule is O=S(=O)(Cc1cccc(Cl)c1)Cc1nnc2n1CCCCC2. The third kappa shape index (κ3) is 3.67. The summed E-state index contributed by atoms with van der Waals surface area (Å²) in [4.78, 5) is 0. The number of aryl methyl sites for hydroxylation is 1. The Bertz CT molecular complexity index is 771. The van der Waals surface area contributed by atoms with E-state index in [0.717, 1.165) is 38.1 Å². The van der Waals surface area contributed by atoms with E-state index in [1.54, 1.807) is 24.3 Å². The van der Waals surface area contributed by atoms with Crippen molar-refractivity contribution in [3.8, 4) is 0 Å². The van der Waals surface area contributed by atoms with Crippen molar-refractivity contribution in [2.75, 3.05) is 0 Å². The highest BCUT2D eigenvalue weighted by Crippen LogP contribution is 2.18. The van der Waals surface area contributed by atoms with Gasteiger partial charge in [-0.2, -0.15) is 0 Å². The van der Waals surface area contributed by atoms with Crippen molar-refractivity contribution in [2.45, 2.75) is 43.7 Å². The number of aromatic nitrogens is 3. The average Bonchev–Trinajstić information content (AvgIpc) is 2.68. The van der Waals surface area contributed by atoms with Gasteiger partial charge in [-0.1, -0.05) is 30.2 Å². The molecular weight excluding hydrogens is 322 g/mol. The Hall–Kier alpha value is -1.40. The molecule has 0 amide bonds. The van der Waals surface area contributed by atoms with Gasteiger partial charge in [-0.25, -0.2) is 8.42 Å². The number of halogens is 1. The van der Waals surface area contributed by atoms with Gasteiger partial charge in [0.25, 0.3) is 0 Å². The van der Waals surface area contributed by atoms with Crippen LogP contribution in [0.3, 0.4) is 0 Å². The number of benzene rings is 1. The lowest BCUT2D eigenvalue weighted by Crippen LogP contribution is -2.13. The van der Waals surface area contributed by atoms with E-state index >= 15 is 0 Å². The smallest absolute Gasteiger partial charge is 0.161 e. The van der Waals surface area contributed by atoms with Gasteiger partial charge in [-0.15, -0.1) is 10.2 Å². The van der Waals surface area contributed by atoms with Gasteiger partial charge < -0.3 is 4.57 Å². The van der Waals surface area contributed by atoms with Gasteiger partial charge in [0.15, 0.2) is 9.84 Å². The quantitative estimate of drug-likeness (QED) is 0.859. The maximum Gasteiger partial charge on any atom is 0.161 e. The molecule has 0 N–H and O–H groups in total. The van der Waals surface area contributed by atoms with Crippen molar-refractivity contribution in [3.63, 3.8) is 0 Å². The molecule has 0 fully saturated rings. The van der Waals surface area contributed by atoms with Gasteiger partial charge in [-0.3, -0.25) is 0 Å². The summed E-state index contributed by atoms with van der Waals surface area (Å²) in [6.45, 7) is 0.810. The van der Waals surface area contributed by atoms with Crippen molar-refractivity contribution >= 4 is 21.4 Å². The molecule has 2 aromatic rings. The van der Waals surface area contributed by atoms with Crippen LogP contribution in [0.25, 0.3) is 0 Å². The average molecular weight is 340 g/mol. The first kappa shape index (κ1) is 15.5. The molecule has 0 saturated carbocycles. The lowest BCUT2D eigenvalue weighted by atomic mass is 10.2. The van der Waals surface area contributed by atoms with Crippen LogP contribution in [0.4, 0.5) is 0 Å². The molecule has 1 aromatic carbocycles. The second-order valence-corrected chi connectivity index (χ2v) is 8.16. The molecule has 1 aliphatic rings. The topological polar surface area (TPSA) is 64.8 Å². The highest BCUT2D eigenvalue weighted by molar-refractivity contribution is 7.89. The molecule has 0 aliphatic carbocycles. The number of fused-ring (bicyclic) bond motifs is 1. The summed E-state index contributed by atoms with van der Waals surface area (Å²) in [5.74, 6) is 1.35. The van der Waals surface area contributed by atoms with Crippen LogP contribution < -0.4 is 0 Å². The lowest BCUT2D eigenvalue weighted by Gasteiger charge is -2.08. The molecule has 2 heterocycles. The Morgan fingerprint density at radius 2 is 2.00 bits per heavy atom. The van der Waals surface area contributed by atoms with E-state index in [9.17, 15) is 8.42 Å². The normalized spacial score (nSPS) is 15.3. The molecule has 7 heteroatoms. The van der Waals surface area contributed by atoms with E-state index in [4.69, 9.17) is 11.6 Å². The van der Waals surface area contributed by atoms with Gasteiger partial charge in [0, 0.05) is 18.0 Å². The summed E-state index contributed by atoms with van der Waals surface area (Å²) < 4.78 is 26.8. The van der Waals surface area contributed by atoms with Crippen molar-refractivity contribution in [1.29, 1.82) is 0 Å². The summed E-state index contributed by atoms with van der Waals surface area (Å²) in [5, 5.41) is 8.79. The third-order valence-corrected chi connectivity index (χ3v) is 5.52. The minimum absolute atomic E-state index is 0.0320. The molecule has 1 aliphatic heterocycles. The fourth-order valence-corrected chi connectivity index (χ4v) is 4.39. The minimum atomic E-state index is -3.30. The fraction of sp³-hybridized carbons (Fsp3) is 0.467. The molecular formula is C15H18ClN3O2S. The molecule has 5 nitrogen and oxygen atoms in total. The van der Waals surface area contributed by atoms with Crippen molar-refractivity contribution in [1.82, 2.24) is 14.8 Å². The first-order valence-corrected chi connectivity index (χ1v) is 9.59. The highest BCUT2D eigenvalue weighted by atomic mass is 35.5. The number of sulfone groups is 1. The standard InChI is InChI=1S/C15H18ClN3O2S/c16-13-6-4-5-12(9-13)10-22(20,21)11-15-18-17-14-7-2-1-3-8-19(14)15/h4-6,9H,1-3,7-8,10-11H2. The zero-order valence-electron chi connectivity index (χ0n) is 12.2. The monoisotopic (exact) mass is 339 g/mol. The second-order valence-electron chi connectivity index (χ2n) is 5.66. The second kappa shape index (κ2) is 6.38. The number of hydrogen-bond acceptors (Lipinski definition) is 4. The Morgan fingerprint density at radius 3 is 2.82 bits per heavy atom. The van der Waals surface area contributed by atoms with Crippen LogP contribution in [-0.4, -0.2) is 23.2 Å². The van der Waals surface area contributed by atoms with Crippen LogP contribution in [-0.2, 0) is 34.3 Å². The summed E-state index contributed by atoms with van der Waals surface area (Å²) >= 11 is 5.91. The maximum absolute atomic E-state index is 12.4. The van der Waals surface area contributed by atoms with Crippen LogP contribution in [0.2, 0.25) is 5.02 Å². The van der Waals surface area contributed by atoms with E-state index in [1.165, 1.54) is 0 Å². The molecule has 118 valence electrons. The minimum Gasteiger partial charge on any atom is -0.314 e. The van der Waals surface area contributed by atoms with Gasteiger partial charge in [0.2, 0.25) is 0 Å². The Balaban J connectivity index is 1.78. The number of nitrogens with zero attached hydrogens (tertiary/aromatic N) is 3. The fourth-order valence-electron chi connectivity index (χ4n) is 2.78. The molecule has 3 rings (SSSR count). The van der Waals surface area contributed by atoms with Gasteiger partial charge >= 0.3 is 0 Å². The number of hydrogen-bond donors (Lipinski definition) is 0. The third-order valence-electron chi connectivity index (χ3n) is 3.81. The summed E-state index contributed by atoms with van der Waals surface area (Å²) in [7, 11) is -3.30. The summed E-state index contributed by atoms with van der Waals surface area (Å²) in [6, 6.07) is 6.95. The van der Waals surface area contributed by atoms with Crippen molar-refractivity contribution in [3.05, 3.63) is 46.5 Å². The predicted molar refractivity (Wildman–Crippen MR) is 85.4 cm³/mol. The van der Waals surface area contributed by atoms with E-state index in [-0.39, 0.29) is 11.5 Å². The van der Waals surface area contributed by atoms with Gasteiger partial charge in [-0.05, 0) is 30.5 Å². The largest absolute Gasteiger partial charge is 0.314 e.